The summed E-state index contributed by atoms with van der Waals surface area (Å²) in [7, 11) is 0. The van der Waals surface area contributed by atoms with Crippen LogP contribution in [0.4, 0.5) is 0 Å². The van der Waals surface area contributed by atoms with Gasteiger partial charge in [0.2, 0.25) is 0 Å². The van der Waals surface area contributed by atoms with E-state index in [1.54, 1.807) is 6.26 Å². The average Bonchev–Trinajstić information content (AvgIpc) is 2.34. The minimum atomic E-state index is 0.591. The maximum atomic E-state index is 5.10. The van der Waals surface area contributed by atoms with Crippen LogP contribution >= 0.6 is 15.9 Å². The van der Waals surface area contributed by atoms with Crippen molar-refractivity contribution < 1.29 is 4.42 Å². The number of rotatable bonds is 2. The molecule has 0 fully saturated rings. The van der Waals surface area contributed by atoms with Crippen LogP contribution in [-0.4, -0.2) is 0 Å². The largest absolute Gasteiger partial charge is 0.457 e. The second-order valence-electron chi connectivity index (χ2n) is 2.46. The quantitative estimate of drug-likeness (QED) is 0.716. The van der Waals surface area contributed by atoms with E-state index in [4.69, 9.17) is 4.42 Å². The second kappa shape index (κ2) is 3.24. The molecule has 1 aromatic heterocycles. The molecule has 0 aliphatic heterocycles. The number of halogens is 1. The third kappa shape index (κ3) is 1.43. The third-order valence-corrected chi connectivity index (χ3v) is 2.43. The molecule has 0 amide bonds. The van der Waals surface area contributed by atoms with Crippen molar-refractivity contribution in [2.75, 3.05) is 0 Å². The highest BCUT2D eigenvalue weighted by molar-refractivity contribution is 9.10. The summed E-state index contributed by atoms with van der Waals surface area (Å²) in [6, 6.07) is 2.01. The summed E-state index contributed by atoms with van der Waals surface area (Å²) >= 11 is 3.34. The Morgan fingerprint density at radius 3 is 2.80 bits per heavy atom. The van der Waals surface area contributed by atoms with Gasteiger partial charge in [-0.25, -0.2) is 0 Å². The molecule has 1 rings (SSSR count). The minimum absolute atomic E-state index is 0.591. The topological polar surface area (TPSA) is 13.1 Å². The molecule has 0 spiro atoms. The van der Waals surface area contributed by atoms with Gasteiger partial charge in [-0.3, -0.25) is 0 Å². The molecule has 2 heteroatoms. The standard InChI is InChI=1S/C8H11BrO/c1-3-6(2)7-4-5-10-8(7)9/h4-6H,3H2,1-2H3. The maximum absolute atomic E-state index is 5.10. The Labute approximate surface area is 69.6 Å². The zero-order chi connectivity index (χ0) is 7.56. The molecule has 0 aliphatic rings. The minimum Gasteiger partial charge on any atom is -0.457 e. The van der Waals surface area contributed by atoms with E-state index in [2.05, 4.69) is 29.8 Å². The van der Waals surface area contributed by atoms with Gasteiger partial charge < -0.3 is 4.42 Å². The molecule has 0 aromatic carbocycles. The Kier molecular flexibility index (Phi) is 2.55. The average molecular weight is 203 g/mol. The Bertz CT molecular complexity index is 205. The molecular formula is C8H11BrO. The summed E-state index contributed by atoms with van der Waals surface area (Å²) in [4.78, 5) is 0. The summed E-state index contributed by atoms with van der Waals surface area (Å²) in [6.45, 7) is 4.36. The molecule has 1 aromatic rings. The number of hydrogen-bond acceptors (Lipinski definition) is 1. The lowest BCUT2D eigenvalue weighted by Gasteiger charge is -2.03. The lowest BCUT2D eigenvalue weighted by molar-refractivity contribution is 0.531. The van der Waals surface area contributed by atoms with Crippen molar-refractivity contribution >= 4 is 15.9 Å². The van der Waals surface area contributed by atoms with Crippen molar-refractivity contribution in [3.63, 3.8) is 0 Å². The van der Waals surface area contributed by atoms with Crippen molar-refractivity contribution in [3.05, 3.63) is 22.6 Å². The van der Waals surface area contributed by atoms with E-state index < -0.39 is 0 Å². The summed E-state index contributed by atoms with van der Waals surface area (Å²) in [5.74, 6) is 0.591. The van der Waals surface area contributed by atoms with Gasteiger partial charge in [-0.05, 0) is 34.3 Å². The van der Waals surface area contributed by atoms with E-state index in [1.165, 1.54) is 5.56 Å². The van der Waals surface area contributed by atoms with Gasteiger partial charge in [0.05, 0.1) is 6.26 Å². The highest BCUT2D eigenvalue weighted by Gasteiger charge is 2.08. The molecule has 0 aliphatic carbocycles. The fourth-order valence-corrected chi connectivity index (χ4v) is 1.51. The van der Waals surface area contributed by atoms with Crippen molar-refractivity contribution in [2.24, 2.45) is 0 Å². The van der Waals surface area contributed by atoms with Gasteiger partial charge in [0.1, 0.15) is 0 Å². The van der Waals surface area contributed by atoms with Crippen LogP contribution in [0, 0.1) is 0 Å². The van der Waals surface area contributed by atoms with E-state index in [9.17, 15) is 0 Å². The molecule has 0 saturated carbocycles. The first-order valence-electron chi connectivity index (χ1n) is 3.48. The number of furan rings is 1. The van der Waals surface area contributed by atoms with Crippen molar-refractivity contribution in [1.82, 2.24) is 0 Å². The monoisotopic (exact) mass is 202 g/mol. The van der Waals surface area contributed by atoms with Crippen LogP contribution in [0.5, 0.6) is 0 Å². The lowest BCUT2D eigenvalue weighted by Crippen LogP contribution is -1.87. The lowest BCUT2D eigenvalue weighted by atomic mass is 10.0. The fraction of sp³-hybridized carbons (Fsp3) is 0.500. The van der Waals surface area contributed by atoms with Crippen molar-refractivity contribution in [3.8, 4) is 0 Å². The molecular weight excluding hydrogens is 192 g/mol. The Balaban J connectivity index is 2.82. The Hall–Kier alpha value is -0.240. The Morgan fingerprint density at radius 2 is 2.40 bits per heavy atom. The van der Waals surface area contributed by atoms with Gasteiger partial charge in [-0.15, -0.1) is 0 Å². The predicted octanol–water partition coefficient (Wildman–Crippen LogP) is 3.56. The van der Waals surface area contributed by atoms with E-state index >= 15 is 0 Å². The molecule has 1 atom stereocenters. The van der Waals surface area contributed by atoms with Crippen LogP contribution in [0.2, 0.25) is 0 Å². The zero-order valence-electron chi connectivity index (χ0n) is 6.23. The van der Waals surface area contributed by atoms with Crippen molar-refractivity contribution in [1.29, 1.82) is 0 Å². The van der Waals surface area contributed by atoms with Crippen molar-refractivity contribution in [2.45, 2.75) is 26.2 Å². The summed E-state index contributed by atoms with van der Waals surface area (Å²) in [6.07, 6.45) is 2.86. The van der Waals surface area contributed by atoms with Crippen LogP contribution in [0.25, 0.3) is 0 Å². The van der Waals surface area contributed by atoms with Gasteiger partial charge >= 0.3 is 0 Å². The molecule has 10 heavy (non-hydrogen) atoms. The van der Waals surface area contributed by atoms with E-state index in [1.807, 2.05) is 6.07 Å². The third-order valence-electron chi connectivity index (χ3n) is 1.79. The first-order valence-corrected chi connectivity index (χ1v) is 4.28. The van der Waals surface area contributed by atoms with Crippen LogP contribution in [0.3, 0.4) is 0 Å². The first-order chi connectivity index (χ1) is 4.75. The van der Waals surface area contributed by atoms with E-state index in [0.717, 1.165) is 11.1 Å². The van der Waals surface area contributed by atoms with Crippen LogP contribution in [0.1, 0.15) is 31.7 Å². The molecule has 1 unspecified atom stereocenters. The molecule has 0 saturated heterocycles. The van der Waals surface area contributed by atoms with Crippen LogP contribution in [-0.2, 0) is 0 Å². The molecule has 0 radical (unpaired) electrons. The van der Waals surface area contributed by atoms with Gasteiger partial charge in [-0.1, -0.05) is 13.8 Å². The molecule has 56 valence electrons. The normalized spacial score (nSPS) is 13.5. The summed E-state index contributed by atoms with van der Waals surface area (Å²) in [5.41, 5.74) is 1.27. The van der Waals surface area contributed by atoms with Gasteiger partial charge in [0.25, 0.3) is 0 Å². The molecule has 0 bridgehead atoms. The Morgan fingerprint density at radius 1 is 1.70 bits per heavy atom. The van der Waals surface area contributed by atoms with E-state index in [-0.39, 0.29) is 0 Å². The summed E-state index contributed by atoms with van der Waals surface area (Å²) in [5, 5.41) is 0. The highest BCUT2D eigenvalue weighted by Crippen LogP contribution is 2.27. The van der Waals surface area contributed by atoms with Gasteiger partial charge in [0.15, 0.2) is 4.67 Å². The molecule has 1 nitrogen and oxygen atoms in total. The van der Waals surface area contributed by atoms with Gasteiger partial charge in [0, 0.05) is 5.56 Å². The molecule has 1 heterocycles. The smallest absolute Gasteiger partial charge is 0.172 e. The van der Waals surface area contributed by atoms with Crippen LogP contribution < -0.4 is 0 Å². The van der Waals surface area contributed by atoms with Gasteiger partial charge in [-0.2, -0.15) is 0 Å². The fourth-order valence-electron chi connectivity index (χ4n) is 0.879. The maximum Gasteiger partial charge on any atom is 0.172 e. The first kappa shape index (κ1) is 7.86. The highest BCUT2D eigenvalue weighted by atomic mass is 79.9. The molecule has 0 N–H and O–H groups in total. The predicted molar refractivity (Wildman–Crippen MR) is 45.1 cm³/mol. The van der Waals surface area contributed by atoms with E-state index in [0.29, 0.717) is 5.92 Å². The summed E-state index contributed by atoms with van der Waals surface area (Å²) < 4.78 is 5.98. The second-order valence-corrected chi connectivity index (χ2v) is 3.18. The van der Waals surface area contributed by atoms with Crippen LogP contribution in [0.15, 0.2) is 21.4 Å². The zero-order valence-corrected chi connectivity index (χ0v) is 7.81. The number of hydrogen-bond donors (Lipinski definition) is 0. The SMILES string of the molecule is CCC(C)c1ccoc1Br.